The number of imidazole rings is 2. The summed E-state index contributed by atoms with van der Waals surface area (Å²) in [6.45, 7) is 1.19. The third kappa shape index (κ3) is 3.00. The molecule has 0 bridgehead atoms. The van der Waals surface area contributed by atoms with Crippen LogP contribution in [-0.4, -0.2) is 48.0 Å². The molecule has 4 heterocycles. The number of likely N-dealkylation sites (tertiary alicyclic amines) is 1. The van der Waals surface area contributed by atoms with Gasteiger partial charge in [0.2, 0.25) is 5.91 Å². The Morgan fingerprint density at radius 3 is 2.97 bits per heavy atom. The van der Waals surface area contributed by atoms with Crippen LogP contribution in [0.3, 0.4) is 0 Å². The number of aryl methyl sites for hydroxylation is 2. The molecule has 0 saturated carbocycles. The van der Waals surface area contributed by atoms with Crippen molar-refractivity contribution in [1.82, 2.24) is 29.0 Å². The molecule has 8 nitrogen and oxygen atoms in total. The molecular weight excluding hydrogens is 368 g/mol. The Labute approximate surface area is 166 Å². The predicted molar refractivity (Wildman–Crippen MR) is 110 cm³/mol. The number of carbonyl (C=O) groups excluding carboxylic acids is 1. The molecule has 1 N–H and O–H groups in total. The van der Waals surface area contributed by atoms with Gasteiger partial charge in [0.1, 0.15) is 5.82 Å². The van der Waals surface area contributed by atoms with Crippen molar-refractivity contribution in [3.63, 3.8) is 0 Å². The predicted octanol–water partition coefficient (Wildman–Crippen LogP) is 2.02. The summed E-state index contributed by atoms with van der Waals surface area (Å²) < 4.78 is 3.36. The van der Waals surface area contributed by atoms with Crippen molar-refractivity contribution in [1.29, 1.82) is 0 Å². The van der Waals surface area contributed by atoms with E-state index >= 15 is 0 Å². The number of amides is 1. The Bertz CT molecular complexity index is 1230. The molecule has 0 aliphatic carbocycles. The topological polar surface area (TPSA) is 88.8 Å². The van der Waals surface area contributed by atoms with Crippen molar-refractivity contribution < 1.29 is 4.79 Å². The smallest absolute Gasteiger partial charge is 0.330 e. The van der Waals surface area contributed by atoms with Crippen molar-refractivity contribution in [2.24, 2.45) is 7.05 Å². The summed E-state index contributed by atoms with van der Waals surface area (Å²) in [6, 6.07) is 11.5. The minimum atomic E-state index is -0.0831. The molecule has 1 saturated heterocycles. The first-order valence-corrected chi connectivity index (χ1v) is 9.85. The van der Waals surface area contributed by atoms with Gasteiger partial charge in [0, 0.05) is 39.2 Å². The molecule has 0 unspecified atom stereocenters. The van der Waals surface area contributed by atoms with Gasteiger partial charge in [-0.1, -0.05) is 12.1 Å². The maximum Gasteiger partial charge on any atom is 0.330 e. The maximum absolute atomic E-state index is 12.7. The van der Waals surface area contributed by atoms with Crippen LogP contribution in [0.5, 0.6) is 0 Å². The first-order valence-electron chi connectivity index (χ1n) is 9.85. The second-order valence-corrected chi connectivity index (χ2v) is 7.54. The summed E-state index contributed by atoms with van der Waals surface area (Å²) in [5.41, 5.74) is 3.31. The van der Waals surface area contributed by atoms with Crippen molar-refractivity contribution >= 4 is 28.1 Å². The highest BCUT2D eigenvalue weighted by molar-refractivity contribution is 5.78. The Kier molecular flexibility index (Phi) is 4.19. The minimum absolute atomic E-state index is 0.0451. The third-order valence-corrected chi connectivity index (χ3v) is 5.74. The van der Waals surface area contributed by atoms with Crippen LogP contribution < -0.4 is 5.69 Å². The number of pyridine rings is 1. The second-order valence-electron chi connectivity index (χ2n) is 7.54. The van der Waals surface area contributed by atoms with Gasteiger partial charge in [-0.25, -0.2) is 14.8 Å². The van der Waals surface area contributed by atoms with Crippen molar-refractivity contribution in [3.05, 3.63) is 58.9 Å². The largest absolute Gasteiger partial charge is 0.342 e. The molecule has 1 aromatic carbocycles. The number of aromatic amines is 1. The Balaban J connectivity index is 1.29. The van der Waals surface area contributed by atoms with Gasteiger partial charge < -0.3 is 9.88 Å². The van der Waals surface area contributed by atoms with Gasteiger partial charge in [-0.2, -0.15) is 0 Å². The molecular formula is C21H22N6O2. The van der Waals surface area contributed by atoms with Gasteiger partial charge in [0.15, 0.2) is 5.65 Å². The fraction of sp³-hybridized carbons (Fsp3) is 0.333. The lowest BCUT2D eigenvalue weighted by Crippen LogP contribution is -2.32. The summed E-state index contributed by atoms with van der Waals surface area (Å²) in [4.78, 5) is 39.5. The fourth-order valence-corrected chi connectivity index (χ4v) is 4.21. The van der Waals surface area contributed by atoms with E-state index in [0.717, 1.165) is 28.8 Å². The molecule has 29 heavy (non-hydrogen) atoms. The van der Waals surface area contributed by atoms with E-state index in [1.54, 1.807) is 22.4 Å². The minimum Gasteiger partial charge on any atom is -0.342 e. The van der Waals surface area contributed by atoms with Crippen LogP contribution in [0, 0.1) is 0 Å². The number of benzene rings is 1. The number of hydrogen-bond acceptors (Lipinski definition) is 4. The molecule has 1 amide bonds. The number of carbonyl (C=O) groups is 1. The number of nitrogens with zero attached hydrogens (tertiary/aromatic N) is 5. The van der Waals surface area contributed by atoms with Gasteiger partial charge in [-0.15, -0.1) is 0 Å². The van der Waals surface area contributed by atoms with Gasteiger partial charge >= 0.3 is 5.69 Å². The quantitative estimate of drug-likeness (QED) is 0.577. The number of nitrogens with one attached hydrogen (secondary N) is 1. The van der Waals surface area contributed by atoms with Gasteiger partial charge in [-0.3, -0.25) is 13.9 Å². The fourth-order valence-electron chi connectivity index (χ4n) is 4.21. The highest BCUT2D eigenvalue weighted by Crippen LogP contribution is 2.24. The van der Waals surface area contributed by atoms with Crippen LogP contribution in [0.1, 0.15) is 24.7 Å². The van der Waals surface area contributed by atoms with E-state index in [9.17, 15) is 9.59 Å². The van der Waals surface area contributed by atoms with Gasteiger partial charge in [0.25, 0.3) is 0 Å². The highest BCUT2D eigenvalue weighted by Gasteiger charge is 2.30. The summed E-state index contributed by atoms with van der Waals surface area (Å²) >= 11 is 0. The molecule has 4 aromatic rings. The number of para-hydroxylation sites is 2. The monoisotopic (exact) mass is 390 g/mol. The number of hydrogen-bond donors (Lipinski definition) is 1. The molecule has 0 radical (unpaired) electrons. The van der Waals surface area contributed by atoms with Crippen molar-refractivity contribution in [2.45, 2.75) is 25.3 Å². The standard InChI is InChI=1S/C21H22N6O2/c1-25-17-7-4-11-22-20(17)27(21(25)29)14-10-12-26(13-14)19(28)9-8-18-23-15-5-2-3-6-16(15)24-18/h2-7,11,14H,8-10,12-13H2,1H3,(H,23,24)/t14-/m1/s1. The Morgan fingerprint density at radius 1 is 1.24 bits per heavy atom. The van der Waals surface area contributed by atoms with E-state index in [4.69, 9.17) is 0 Å². The van der Waals surface area contributed by atoms with Gasteiger partial charge in [0.05, 0.1) is 22.6 Å². The maximum atomic E-state index is 12.7. The van der Waals surface area contributed by atoms with Crippen molar-refractivity contribution in [3.8, 4) is 0 Å². The summed E-state index contributed by atoms with van der Waals surface area (Å²) in [7, 11) is 1.76. The van der Waals surface area contributed by atoms with Crippen LogP contribution in [0.25, 0.3) is 22.2 Å². The van der Waals surface area contributed by atoms with E-state index < -0.39 is 0 Å². The highest BCUT2D eigenvalue weighted by atomic mass is 16.2. The number of aromatic nitrogens is 5. The van der Waals surface area contributed by atoms with E-state index in [-0.39, 0.29) is 17.6 Å². The number of rotatable bonds is 4. The van der Waals surface area contributed by atoms with Crippen LogP contribution in [-0.2, 0) is 18.3 Å². The summed E-state index contributed by atoms with van der Waals surface area (Å²) in [5.74, 6) is 0.916. The van der Waals surface area contributed by atoms with E-state index in [1.807, 2.05) is 41.3 Å². The third-order valence-electron chi connectivity index (χ3n) is 5.74. The lowest BCUT2D eigenvalue weighted by atomic mass is 10.2. The zero-order valence-electron chi connectivity index (χ0n) is 16.2. The SMILES string of the molecule is Cn1c(=O)n([C@@H]2CCN(C(=O)CCc3nc4ccccc4[nH]3)C2)c2ncccc21. The first-order chi connectivity index (χ1) is 14.1. The van der Waals surface area contributed by atoms with Crippen LogP contribution >= 0.6 is 0 Å². The lowest BCUT2D eigenvalue weighted by molar-refractivity contribution is -0.130. The molecule has 148 valence electrons. The zero-order chi connectivity index (χ0) is 20.0. The average molecular weight is 390 g/mol. The molecule has 1 aliphatic rings. The Hall–Kier alpha value is -3.42. The van der Waals surface area contributed by atoms with Crippen LogP contribution in [0.4, 0.5) is 0 Å². The first kappa shape index (κ1) is 17.7. The van der Waals surface area contributed by atoms with E-state index in [1.165, 1.54) is 0 Å². The van der Waals surface area contributed by atoms with Crippen LogP contribution in [0.2, 0.25) is 0 Å². The normalized spacial score (nSPS) is 16.9. The molecule has 0 spiro atoms. The summed E-state index contributed by atoms with van der Waals surface area (Å²) in [5, 5.41) is 0. The molecule has 8 heteroatoms. The lowest BCUT2D eigenvalue weighted by Gasteiger charge is -2.16. The summed E-state index contributed by atoms with van der Waals surface area (Å²) in [6.07, 6.45) is 3.43. The number of H-pyrrole nitrogens is 1. The Morgan fingerprint density at radius 2 is 2.10 bits per heavy atom. The zero-order valence-corrected chi connectivity index (χ0v) is 16.2. The van der Waals surface area contributed by atoms with Crippen LogP contribution in [0.15, 0.2) is 47.4 Å². The molecule has 3 aromatic heterocycles. The average Bonchev–Trinajstić information content (AvgIpc) is 3.44. The molecule has 1 aliphatic heterocycles. The van der Waals surface area contributed by atoms with E-state index in [0.29, 0.717) is 31.6 Å². The molecule has 1 fully saturated rings. The molecule has 5 rings (SSSR count). The van der Waals surface area contributed by atoms with Gasteiger partial charge in [-0.05, 0) is 30.7 Å². The number of fused-ring (bicyclic) bond motifs is 2. The van der Waals surface area contributed by atoms with Crippen molar-refractivity contribution in [2.75, 3.05) is 13.1 Å². The second kappa shape index (κ2) is 6.88. The molecule has 1 atom stereocenters. The van der Waals surface area contributed by atoms with E-state index in [2.05, 4.69) is 15.0 Å².